The molecule has 17 heavy (non-hydrogen) atoms. The second-order valence-electron chi connectivity index (χ2n) is 4.33. The zero-order valence-electron chi connectivity index (χ0n) is 9.52. The van der Waals surface area contributed by atoms with Gasteiger partial charge in [0.25, 0.3) is 0 Å². The number of carbonyl (C=O) groups excluding carboxylic acids is 1. The van der Waals surface area contributed by atoms with Crippen molar-refractivity contribution in [3.63, 3.8) is 0 Å². The molecule has 1 rings (SSSR count). The molecular weight excluding hydrogens is 226 g/mol. The van der Waals surface area contributed by atoms with Crippen molar-refractivity contribution >= 4 is 17.8 Å². The van der Waals surface area contributed by atoms with E-state index in [1.165, 1.54) is 0 Å². The van der Waals surface area contributed by atoms with E-state index in [1.807, 2.05) is 0 Å². The number of aliphatic carboxylic acids is 2. The molecule has 0 heterocycles. The van der Waals surface area contributed by atoms with E-state index < -0.39 is 24.4 Å². The molecule has 1 saturated carbocycles. The summed E-state index contributed by atoms with van der Waals surface area (Å²) >= 11 is 0. The van der Waals surface area contributed by atoms with E-state index in [2.05, 4.69) is 5.32 Å². The van der Waals surface area contributed by atoms with Crippen LogP contribution in [0, 0.1) is 5.92 Å². The molecule has 1 aliphatic rings. The van der Waals surface area contributed by atoms with Crippen LogP contribution in [-0.4, -0.2) is 34.1 Å². The fourth-order valence-electron chi connectivity index (χ4n) is 2.03. The predicted molar refractivity (Wildman–Crippen MR) is 58.4 cm³/mol. The number of hydrogen-bond acceptors (Lipinski definition) is 3. The molecule has 0 aromatic rings. The van der Waals surface area contributed by atoms with E-state index in [0.29, 0.717) is 0 Å². The first-order valence-corrected chi connectivity index (χ1v) is 5.75. The highest BCUT2D eigenvalue weighted by atomic mass is 16.4. The summed E-state index contributed by atoms with van der Waals surface area (Å²) in [6.45, 7) is 0. The molecule has 0 aromatic heterocycles. The lowest BCUT2D eigenvalue weighted by Crippen LogP contribution is -2.45. The molecule has 3 N–H and O–H groups in total. The molecule has 1 aliphatic carbocycles. The van der Waals surface area contributed by atoms with Crippen molar-refractivity contribution in [2.75, 3.05) is 0 Å². The van der Waals surface area contributed by atoms with Gasteiger partial charge in [-0.2, -0.15) is 0 Å². The van der Waals surface area contributed by atoms with Crippen molar-refractivity contribution in [1.82, 2.24) is 5.32 Å². The lowest BCUT2D eigenvalue weighted by atomic mass is 9.88. The Bertz CT molecular complexity index is 309. The number of carboxylic acids is 2. The van der Waals surface area contributed by atoms with Crippen LogP contribution in [0.1, 0.15) is 38.5 Å². The van der Waals surface area contributed by atoms with Gasteiger partial charge >= 0.3 is 11.9 Å². The molecule has 0 radical (unpaired) electrons. The Hall–Kier alpha value is -1.59. The Morgan fingerprint density at radius 3 is 2.18 bits per heavy atom. The van der Waals surface area contributed by atoms with Crippen molar-refractivity contribution < 1.29 is 24.6 Å². The van der Waals surface area contributed by atoms with E-state index in [4.69, 9.17) is 10.2 Å². The Kier molecular flexibility index (Phi) is 4.93. The molecule has 0 aliphatic heterocycles. The SMILES string of the molecule is O=C(O)C[C@@H](NC(=O)C1CCCCC1)C(=O)O. The van der Waals surface area contributed by atoms with E-state index in [-0.39, 0.29) is 11.8 Å². The van der Waals surface area contributed by atoms with Gasteiger partial charge in [0.1, 0.15) is 6.04 Å². The molecular formula is C11H17NO5. The minimum Gasteiger partial charge on any atom is -0.481 e. The minimum atomic E-state index is -1.33. The predicted octanol–water partition coefficient (Wildman–Crippen LogP) is 0.611. The third-order valence-electron chi connectivity index (χ3n) is 2.97. The molecule has 1 atom stereocenters. The molecule has 0 aromatic carbocycles. The minimum absolute atomic E-state index is 0.167. The van der Waals surface area contributed by atoms with Gasteiger partial charge in [-0.3, -0.25) is 9.59 Å². The molecule has 0 unspecified atom stereocenters. The van der Waals surface area contributed by atoms with Gasteiger partial charge in [-0.15, -0.1) is 0 Å². The number of amides is 1. The molecule has 96 valence electrons. The average Bonchev–Trinajstić information content (AvgIpc) is 2.28. The molecule has 0 saturated heterocycles. The lowest BCUT2D eigenvalue weighted by molar-refractivity contribution is -0.147. The summed E-state index contributed by atoms with van der Waals surface area (Å²) in [5.41, 5.74) is 0. The first-order valence-electron chi connectivity index (χ1n) is 5.75. The van der Waals surface area contributed by atoms with E-state index in [9.17, 15) is 14.4 Å². The Morgan fingerprint density at radius 1 is 1.12 bits per heavy atom. The molecule has 1 amide bonds. The summed E-state index contributed by atoms with van der Waals surface area (Å²) in [6.07, 6.45) is 3.95. The maximum atomic E-state index is 11.7. The maximum Gasteiger partial charge on any atom is 0.326 e. The largest absolute Gasteiger partial charge is 0.481 e. The standard InChI is InChI=1S/C11H17NO5/c13-9(14)6-8(11(16)17)12-10(15)7-4-2-1-3-5-7/h7-8H,1-6H2,(H,12,15)(H,13,14)(H,16,17)/t8-/m1/s1. The van der Waals surface area contributed by atoms with Crippen LogP contribution >= 0.6 is 0 Å². The van der Waals surface area contributed by atoms with Crippen LogP contribution in [0.2, 0.25) is 0 Å². The third kappa shape index (κ3) is 4.42. The van der Waals surface area contributed by atoms with Crippen molar-refractivity contribution in [3.05, 3.63) is 0 Å². The van der Waals surface area contributed by atoms with Crippen LogP contribution in [0.4, 0.5) is 0 Å². The van der Waals surface area contributed by atoms with E-state index in [1.54, 1.807) is 0 Å². The van der Waals surface area contributed by atoms with Crippen LogP contribution in [0.15, 0.2) is 0 Å². The second kappa shape index (κ2) is 6.22. The van der Waals surface area contributed by atoms with Gasteiger partial charge in [0, 0.05) is 5.92 Å². The van der Waals surface area contributed by atoms with Crippen LogP contribution in [0.5, 0.6) is 0 Å². The molecule has 1 fully saturated rings. The number of carbonyl (C=O) groups is 3. The Morgan fingerprint density at radius 2 is 1.71 bits per heavy atom. The number of rotatable bonds is 5. The zero-order valence-corrected chi connectivity index (χ0v) is 9.52. The molecule has 0 bridgehead atoms. The number of carboxylic acid groups (broad SMARTS) is 2. The topological polar surface area (TPSA) is 104 Å². The summed E-state index contributed by atoms with van der Waals surface area (Å²) < 4.78 is 0. The van der Waals surface area contributed by atoms with Crippen molar-refractivity contribution in [2.24, 2.45) is 5.92 Å². The maximum absolute atomic E-state index is 11.7. The molecule has 6 heteroatoms. The number of hydrogen-bond donors (Lipinski definition) is 3. The summed E-state index contributed by atoms with van der Waals surface area (Å²) in [5, 5.41) is 19.6. The first kappa shape index (κ1) is 13.5. The highest BCUT2D eigenvalue weighted by Crippen LogP contribution is 2.23. The van der Waals surface area contributed by atoms with Gasteiger partial charge in [0.15, 0.2) is 0 Å². The smallest absolute Gasteiger partial charge is 0.326 e. The quantitative estimate of drug-likeness (QED) is 0.656. The average molecular weight is 243 g/mol. The van der Waals surface area contributed by atoms with Gasteiger partial charge in [-0.25, -0.2) is 4.79 Å². The van der Waals surface area contributed by atoms with Crippen LogP contribution < -0.4 is 5.32 Å². The van der Waals surface area contributed by atoms with Gasteiger partial charge in [0.2, 0.25) is 5.91 Å². The van der Waals surface area contributed by atoms with Gasteiger partial charge < -0.3 is 15.5 Å². The third-order valence-corrected chi connectivity index (χ3v) is 2.97. The van der Waals surface area contributed by atoms with Crippen molar-refractivity contribution in [1.29, 1.82) is 0 Å². The first-order chi connectivity index (χ1) is 8.00. The normalized spacial score (nSPS) is 18.4. The highest BCUT2D eigenvalue weighted by Gasteiger charge is 2.27. The van der Waals surface area contributed by atoms with Crippen molar-refractivity contribution in [3.8, 4) is 0 Å². The fraction of sp³-hybridized carbons (Fsp3) is 0.727. The second-order valence-corrected chi connectivity index (χ2v) is 4.33. The number of nitrogens with one attached hydrogen (secondary N) is 1. The van der Waals surface area contributed by atoms with Crippen LogP contribution in [0.3, 0.4) is 0 Å². The lowest BCUT2D eigenvalue weighted by Gasteiger charge is -2.22. The molecule has 0 spiro atoms. The van der Waals surface area contributed by atoms with E-state index >= 15 is 0 Å². The summed E-state index contributed by atoms with van der Waals surface area (Å²) in [7, 11) is 0. The van der Waals surface area contributed by atoms with Gasteiger partial charge in [-0.05, 0) is 12.8 Å². The highest BCUT2D eigenvalue weighted by molar-refractivity contribution is 5.87. The summed E-state index contributed by atoms with van der Waals surface area (Å²) in [6, 6.07) is -1.33. The van der Waals surface area contributed by atoms with Crippen LogP contribution in [0.25, 0.3) is 0 Å². The van der Waals surface area contributed by atoms with Crippen molar-refractivity contribution in [2.45, 2.75) is 44.6 Å². The fourth-order valence-corrected chi connectivity index (χ4v) is 2.03. The molecule has 6 nitrogen and oxygen atoms in total. The monoisotopic (exact) mass is 243 g/mol. The zero-order chi connectivity index (χ0) is 12.8. The van der Waals surface area contributed by atoms with Gasteiger partial charge in [0.05, 0.1) is 6.42 Å². The summed E-state index contributed by atoms with van der Waals surface area (Å²) in [5.74, 6) is -3.05. The van der Waals surface area contributed by atoms with E-state index in [0.717, 1.165) is 32.1 Å². The Labute approximate surface area is 99.0 Å². The van der Waals surface area contributed by atoms with Crippen LogP contribution in [-0.2, 0) is 14.4 Å². The summed E-state index contributed by atoms with van der Waals surface area (Å²) in [4.78, 5) is 33.0. The van der Waals surface area contributed by atoms with Gasteiger partial charge in [-0.1, -0.05) is 19.3 Å². The Balaban J connectivity index is 2.50.